The summed E-state index contributed by atoms with van der Waals surface area (Å²) in [4.78, 5) is 26.6. The Bertz CT molecular complexity index is 757. The van der Waals surface area contributed by atoms with Crippen LogP contribution in [-0.4, -0.2) is 34.8 Å². The number of benzene rings is 1. The number of nitrogens with two attached hydrogens (primary N) is 1. The van der Waals surface area contributed by atoms with E-state index >= 15 is 0 Å². The number of halogens is 1. The second kappa shape index (κ2) is 5.52. The van der Waals surface area contributed by atoms with Crippen molar-refractivity contribution < 1.29 is 14.7 Å². The van der Waals surface area contributed by atoms with Gasteiger partial charge in [0.25, 0.3) is 5.91 Å². The Hall–Kier alpha value is -2.01. The van der Waals surface area contributed by atoms with E-state index in [1.54, 1.807) is 11.0 Å². The normalized spacial score (nSPS) is 25.9. The molecule has 1 heterocycles. The molecule has 1 atom stereocenters. The number of carbonyl (C=O) groups is 2. The third kappa shape index (κ3) is 2.77. The molecule has 1 spiro atoms. The summed E-state index contributed by atoms with van der Waals surface area (Å²) in [5, 5.41) is 10.4. The highest BCUT2D eigenvalue weighted by molar-refractivity contribution is 6.30. The number of likely N-dealkylation sites (tertiary alicyclic amines) is 1. The molecule has 1 fully saturated rings. The highest BCUT2D eigenvalue weighted by atomic mass is 35.5. The molecule has 1 aliphatic carbocycles. The van der Waals surface area contributed by atoms with E-state index in [1.165, 1.54) is 12.1 Å². The first-order valence-electron chi connectivity index (χ1n) is 7.95. The van der Waals surface area contributed by atoms with Crippen LogP contribution in [0, 0.1) is 10.8 Å². The molecule has 1 saturated heterocycles. The molecular weight excluding hydrogens is 328 g/mol. The van der Waals surface area contributed by atoms with Gasteiger partial charge < -0.3 is 15.7 Å². The first kappa shape index (κ1) is 16.8. The second-order valence-corrected chi connectivity index (χ2v) is 7.93. The zero-order chi connectivity index (χ0) is 17.7. The van der Waals surface area contributed by atoms with E-state index in [9.17, 15) is 14.7 Å². The minimum absolute atomic E-state index is 0.0340. The van der Waals surface area contributed by atoms with Gasteiger partial charge in [0.2, 0.25) is 0 Å². The van der Waals surface area contributed by atoms with Gasteiger partial charge in [-0.3, -0.25) is 9.59 Å². The van der Waals surface area contributed by atoms with Crippen molar-refractivity contribution in [1.29, 1.82) is 0 Å². The fraction of sp³-hybridized carbons (Fsp3) is 0.444. The van der Waals surface area contributed by atoms with E-state index in [0.29, 0.717) is 24.5 Å². The van der Waals surface area contributed by atoms with Crippen molar-refractivity contribution in [2.45, 2.75) is 26.7 Å². The zero-order valence-corrected chi connectivity index (χ0v) is 14.6. The Kier molecular flexibility index (Phi) is 3.87. The van der Waals surface area contributed by atoms with Crippen molar-refractivity contribution in [2.75, 3.05) is 13.1 Å². The van der Waals surface area contributed by atoms with Crippen molar-refractivity contribution in [3.05, 3.63) is 40.6 Å². The maximum atomic E-state index is 12.7. The van der Waals surface area contributed by atoms with Gasteiger partial charge in [-0.2, -0.15) is 0 Å². The molecular formula is C18H21ClN2O3. The van der Waals surface area contributed by atoms with Gasteiger partial charge in [0, 0.05) is 28.9 Å². The van der Waals surface area contributed by atoms with Crippen LogP contribution in [0.4, 0.5) is 0 Å². The average Bonchev–Trinajstić information content (AvgIpc) is 2.87. The Morgan fingerprint density at radius 2 is 2.08 bits per heavy atom. The number of amides is 1. The Morgan fingerprint density at radius 1 is 1.38 bits per heavy atom. The molecule has 3 rings (SSSR count). The summed E-state index contributed by atoms with van der Waals surface area (Å²) in [6.07, 6.45) is 3.25. The molecule has 0 unspecified atom stereocenters. The lowest BCUT2D eigenvalue weighted by molar-refractivity contribution is -0.125. The van der Waals surface area contributed by atoms with E-state index in [1.807, 2.05) is 19.9 Å². The highest BCUT2D eigenvalue weighted by Crippen LogP contribution is 2.47. The SMILES string of the molecule is CC1(C)C[C@]2(C=C(N)C1=O)CCN(C(=O)c1ccc(Cl)cc1O)C2. The fourth-order valence-corrected chi connectivity index (χ4v) is 4.15. The number of allylic oxidation sites excluding steroid dienone is 1. The number of rotatable bonds is 1. The quantitative estimate of drug-likeness (QED) is 0.817. The lowest BCUT2D eigenvalue weighted by atomic mass is 9.65. The average molecular weight is 349 g/mol. The minimum Gasteiger partial charge on any atom is -0.507 e. The summed E-state index contributed by atoms with van der Waals surface area (Å²) in [7, 11) is 0. The molecule has 1 amide bonds. The van der Waals surface area contributed by atoms with Gasteiger partial charge in [-0.25, -0.2) is 0 Å². The van der Waals surface area contributed by atoms with Gasteiger partial charge in [0.05, 0.1) is 11.3 Å². The molecule has 24 heavy (non-hydrogen) atoms. The van der Waals surface area contributed by atoms with Gasteiger partial charge in [0.1, 0.15) is 5.75 Å². The maximum absolute atomic E-state index is 12.7. The van der Waals surface area contributed by atoms with Crippen LogP contribution in [0.2, 0.25) is 5.02 Å². The number of phenolic OH excluding ortho intramolecular Hbond substituents is 1. The molecule has 0 saturated carbocycles. The number of ketones is 1. The molecule has 1 aromatic rings. The van der Waals surface area contributed by atoms with Crippen LogP contribution in [-0.2, 0) is 4.79 Å². The van der Waals surface area contributed by atoms with Gasteiger partial charge in [-0.05, 0) is 37.1 Å². The van der Waals surface area contributed by atoms with Gasteiger partial charge in [-0.1, -0.05) is 25.4 Å². The van der Waals surface area contributed by atoms with Crippen LogP contribution in [0.25, 0.3) is 0 Å². The standard InChI is InChI=1S/C18H21ClN2O3/c1-17(2)9-18(8-13(20)15(17)23)5-6-21(10-18)16(24)12-4-3-11(19)7-14(12)22/h3-4,7-8,22H,5-6,9-10,20H2,1-2H3/t18-/m1/s1. The molecule has 128 valence electrons. The second-order valence-electron chi connectivity index (χ2n) is 7.49. The third-order valence-corrected chi connectivity index (χ3v) is 5.23. The third-order valence-electron chi connectivity index (χ3n) is 5.00. The van der Waals surface area contributed by atoms with Crippen molar-refractivity contribution in [1.82, 2.24) is 4.90 Å². The number of phenols is 1. The van der Waals surface area contributed by atoms with Gasteiger partial charge in [0.15, 0.2) is 5.78 Å². The Labute approximate surface area is 146 Å². The van der Waals surface area contributed by atoms with E-state index in [0.717, 1.165) is 6.42 Å². The van der Waals surface area contributed by atoms with Crippen molar-refractivity contribution >= 4 is 23.3 Å². The van der Waals surface area contributed by atoms with Crippen molar-refractivity contribution in [3.63, 3.8) is 0 Å². The molecule has 2 aliphatic rings. The molecule has 0 aromatic heterocycles. The number of hydrogen-bond acceptors (Lipinski definition) is 4. The zero-order valence-electron chi connectivity index (χ0n) is 13.8. The van der Waals surface area contributed by atoms with Crippen LogP contribution >= 0.6 is 11.6 Å². The van der Waals surface area contributed by atoms with Crippen molar-refractivity contribution in [2.24, 2.45) is 16.6 Å². The summed E-state index contributed by atoms with van der Waals surface area (Å²) in [5.41, 5.74) is 5.65. The summed E-state index contributed by atoms with van der Waals surface area (Å²) in [6.45, 7) is 4.85. The molecule has 5 nitrogen and oxygen atoms in total. The van der Waals surface area contributed by atoms with E-state index in [2.05, 4.69) is 0 Å². The van der Waals surface area contributed by atoms with Crippen LogP contribution in [0.1, 0.15) is 37.0 Å². The predicted octanol–water partition coefficient (Wildman–Crippen LogP) is 2.72. The minimum atomic E-state index is -0.527. The first-order valence-corrected chi connectivity index (χ1v) is 8.32. The monoisotopic (exact) mass is 348 g/mol. The van der Waals surface area contributed by atoms with E-state index < -0.39 is 5.41 Å². The Morgan fingerprint density at radius 3 is 2.71 bits per heavy atom. The molecule has 1 aliphatic heterocycles. The van der Waals surface area contributed by atoms with Crippen LogP contribution in [0.5, 0.6) is 5.75 Å². The molecule has 3 N–H and O–H groups in total. The van der Waals surface area contributed by atoms with Gasteiger partial charge >= 0.3 is 0 Å². The number of nitrogens with zero attached hydrogens (tertiary/aromatic N) is 1. The predicted molar refractivity (Wildman–Crippen MR) is 91.7 cm³/mol. The van der Waals surface area contributed by atoms with E-state index in [4.69, 9.17) is 17.3 Å². The first-order chi connectivity index (χ1) is 11.1. The van der Waals surface area contributed by atoms with Crippen molar-refractivity contribution in [3.8, 4) is 5.75 Å². The summed E-state index contributed by atoms with van der Waals surface area (Å²) in [5.74, 6) is -0.390. The number of aromatic hydroxyl groups is 1. The molecule has 0 radical (unpaired) electrons. The van der Waals surface area contributed by atoms with Crippen LogP contribution in [0.3, 0.4) is 0 Å². The largest absolute Gasteiger partial charge is 0.507 e. The number of carbonyl (C=O) groups excluding carboxylic acids is 2. The summed E-state index contributed by atoms with van der Waals surface area (Å²) in [6, 6.07) is 4.48. The topological polar surface area (TPSA) is 83.6 Å². The summed E-state index contributed by atoms with van der Waals surface area (Å²) < 4.78 is 0. The maximum Gasteiger partial charge on any atom is 0.257 e. The summed E-state index contributed by atoms with van der Waals surface area (Å²) >= 11 is 5.82. The molecule has 1 aromatic carbocycles. The van der Waals surface area contributed by atoms with E-state index in [-0.39, 0.29) is 34.1 Å². The fourth-order valence-electron chi connectivity index (χ4n) is 3.98. The smallest absolute Gasteiger partial charge is 0.257 e. The molecule has 6 heteroatoms. The number of Topliss-reactive ketones (excluding diaryl/α,β-unsaturated/α-hetero) is 1. The lowest BCUT2D eigenvalue weighted by Crippen LogP contribution is -2.42. The van der Waals surface area contributed by atoms with Crippen LogP contribution in [0.15, 0.2) is 30.0 Å². The molecule has 0 bridgehead atoms. The lowest BCUT2D eigenvalue weighted by Gasteiger charge is -2.39. The Balaban J connectivity index is 1.85. The van der Waals surface area contributed by atoms with Gasteiger partial charge in [-0.15, -0.1) is 0 Å². The highest BCUT2D eigenvalue weighted by Gasteiger charge is 2.48. The number of hydrogen-bond donors (Lipinski definition) is 2. The van der Waals surface area contributed by atoms with Crippen LogP contribution < -0.4 is 5.73 Å².